The lowest BCUT2D eigenvalue weighted by atomic mass is 9.93. The molecule has 0 spiro atoms. The van der Waals surface area contributed by atoms with E-state index >= 15 is 0 Å². The van der Waals surface area contributed by atoms with Gasteiger partial charge in [-0.15, -0.1) is 0 Å². The summed E-state index contributed by atoms with van der Waals surface area (Å²) >= 11 is 0. The van der Waals surface area contributed by atoms with Gasteiger partial charge in [0, 0.05) is 24.2 Å². The van der Waals surface area contributed by atoms with E-state index in [0.29, 0.717) is 31.0 Å². The first-order valence-electron chi connectivity index (χ1n) is 13.1. The molecule has 1 amide bonds. The van der Waals surface area contributed by atoms with Crippen molar-refractivity contribution in [3.63, 3.8) is 0 Å². The number of benzene rings is 3. The van der Waals surface area contributed by atoms with Crippen LogP contribution in [0.2, 0.25) is 0 Å². The molecule has 0 saturated carbocycles. The van der Waals surface area contributed by atoms with Crippen molar-refractivity contribution in [2.45, 2.75) is 45.8 Å². The number of aromatic carboxylic acids is 1. The SMILES string of the molecule is CCCCCCNC(=O)c1ccc2c(c1)ncn2C/C=C1\c2ccccc2COc2ccc(C(=O)O)cc21. The number of hydrogen-bond donors (Lipinski definition) is 2. The maximum Gasteiger partial charge on any atom is 0.335 e. The van der Waals surface area contributed by atoms with Crippen LogP contribution in [0.4, 0.5) is 0 Å². The van der Waals surface area contributed by atoms with E-state index in [2.05, 4.69) is 23.3 Å². The lowest BCUT2D eigenvalue weighted by Gasteiger charge is -2.12. The zero-order valence-electron chi connectivity index (χ0n) is 21.4. The first kappa shape index (κ1) is 25.3. The molecule has 0 atom stereocenters. The van der Waals surface area contributed by atoms with E-state index < -0.39 is 5.97 Å². The highest BCUT2D eigenvalue weighted by atomic mass is 16.5. The molecule has 4 aromatic rings. The molecule has 38 heavy (non-hydrogen) atoms. The van der Waals surface area contributed by atoms with E-state index in [1.165, 1.54) is 12.8 Å². The highest BCUT2D eigenvalue weighted by Gasteiger charge is 2.21. The number of allylic oxidation sites excluding steroid dienone is 1. The number of nitrogens with zero attached hydrogens (tertiary/aromatic N) is 2. The van der Waals surface area contributed by atoms with Crippen LogP contribution in [-0.2, 0) is 13.2 Å². The maximum absolute atomic E-state index is 12.6. The predicted molar refractivity (Wildman–Crippen MR) is 147 cm³/mol. The largest absolute Gasteiger partial charge is 0.488 e. The third kappa shape index (κ3) is 5.32. The summed E-state index contributed by atoms with van der Waals surface area (Å²) in [6.07, 6.45) is 8.29. The van der Waals surface area contributed by atoms with Crippen molar-refractivity contribution in [3.8, 4) is 5.75 Å². The number of hydrogen-bond acceptors (Lipinski definition) is 4. The number of nitrogens with one attached hydrogen (secondary N) is 1. The molecule has 0 aliphatic carbocycles. The zero-order valence-corrected chi connectivity index (χ0v) is 21.4. The van der Waals surface area contributed by atoms with Gasteiger partial charge in [-0.05, 0) is 59.5 Å². The summed E-state index contributed by atoms with van der Waals surface area (Å²) in [7, 11) is 0. The lowest BCUT2D eigenvalue weighted by Crippen LogP contribution is -2.24. The van der Waals surface area contributed by atoms with Gasteiger partial charge in [0.25, 0.3) is 5.91 Å². The third-order valence-electron chi connectivity index (χ3n) is 6.90. The van der Waals surface area contributed by atoms with Gasteiger partial charge < -0.3 is 19.7 Å². The van der Waals surface area contributed by atoms with Crippen LogP contribution in [0.3, 0.4) is 0 Å². The van der Waals surface area contributed by atoms with Crippen LogP contribution >= 0.6 is 0 Å². The Hall–Kier alpha value is -4.39. The summed E-state index contributed by atoms with van der Waals surface area (Å²) in [6.45, 7) is 3.76. The van der Waals surface area contributed by atoms with Crippen molar-refractivity contribution in [2.24, 2.45) is 0 Å². The monoisotopic (exact) mass is 509 g/mol. The fourth-order valence-corrected chi connectivity index (χ4v) is 4.82. The summed E-state index contributed by atoms with van der Waals surface area (Å²) in [5.74, 6) is -0.412. The summed E-state index contributed by atoms with van der Waals surface area (Å²) in [5.41, 5.74) is 6.18. The standard InChI is InChI=1S/C31H31N3O4/c1-2-3-4-7-15-32-30(35)21-10-12-28-27(18-21)33-20-34(28)16-14-25-24-9-6-5-8-23(24)19-38-29-13-11-22(31(36)37)17-26(25)29/h5-6,8-14,17-18,20H,2-4,7,15-16,19H2,1H3,(H,32,35)(H,36,37)/b25-14+. The van der Waals surface area contributed by atoms with Crippen molar-refractivity contribution >= 4 is 28.5 Å². The average Bonchev–Trinajstić information content (AvgIpc) is 3.27. The van der Waals surface area contributed by atoms with Crippen LogP contribution in [-0.4, -0.2) is 33.1 Å². The number of aromatic nitrogens is 2. The number of carbonyl (C=O) groups is 2. The lowest BCUT2D eigenvalue weighted by molar-refractivity contribution is 0.0696. The molecule has 2 heterocycles. The number of amides is 1. The van der Waals surface area contributed by atoms with Crippen molar-refractivity contribution in [1.82, 2.24) is 14.9 Å². The minimum Gasteiger partial charge on any atom is -0.488 e. The number of carboxylic acid groups (broad SMARTS) is 1. The minimum atomic E-state index is -0.980. The van der Waals surface area contributed by atoms with Crippen molar-refractivity contribution < 1.29 is 19.4 Å². The Morgan fingerprint density at radius 3 is 2.71 bits per heavy atom. The van der Waals surface area contributed by atoms with Crippen LogP contribution in [0.5, 0.6) is 5.75 Å². The van der Waals surface area contributed by atoms with Gasteiger partial charge in [-0.1, -0.05) is 56.5 Å². The van der Waals surface area contributed by atoms with Crippen LogP contribution in [0.1, 0.15) is 70.0 Å². The van der Waals surface area contributed by atoms with E-state index in [4.69, 9.17) is 4.74 Å². The molecule has 0 fully saturated rings. The molecule has 0 radical (unpaired) electrons. The fraction of sp³-hybridized carbons (Fsp3) is 0.258. The normalized spacial score (nSPS) is 13.4. The van der Waals surface area contributed by atoms with Crippen molar-refractivity contribution in [3.05, 3.63) is 101 Å². The fourth-order valence-electron chi connectivity index (χ4n) is 4.82. The Morgan fingerprint density at radius 2 is 1.87 bits per heavy atom. The molecule has 2 N–H and O–H groups in total. The van der Waals surface area contributed by atoms with E-state index in [1.54, 1.807) is 24.5 Å². The average molecular weight is 510 g/mol. The zero-order chi connectivity index (χ0) is 26.5. The van der Waals surface area contributed by atoms with Crippen LogP contribution in [0.15, 0.2) is 73.1 Å². The minimum absolute atomic E-state index is 0.0824. The maximum atomic E-state index is 12.6. The second kappa shape index (κ2) is 11.3. The van der Waals surface area contributed by atoms with Crippen LogP contribution in [0.25, 0.3) is 16.6 Å². The molecule has 1 aromatic heterocycles. The summed E-state index contributed by atoms with van der Waals surface area (Å²) < 4.78 is 8.06. The Morgan fingerprint density at radius 1 is 1.03 bits per heavy atom. The van der Waals surface area contributed by atoms with Crippen molar-refractivity contribution in [2.75, 3.05) is 6.54 Å². The quantitative estimate of drug-likeness (QED) is 0.267. The number of fused-ring (bicyclic) bond motifs is 3. The molecule has 1 aliphatic rings. The number of ether oxygens (including phenoxy) is 1. The van der Waals surface area contributed by atoms with E-state index in [-0.39, 0.29) is 11.5 Å². The Kier molecular flexibility index (Phi) is 7.54. The number of imidazole rings is 1. The van der Waals surface area contributed by atoms with E-state index in [0.717, 1.165) is 46.1 Å². The molecule has 1 aliphatic heterocycles. The Balaban J connectivity index is 1.43. The molecule has 3 aromatic carbocycles. The molecule has 7 heteroatoms. The van der Waals surface area contributed by atoms with Gasteiger partial charge in [-0.2, -0.15) is 0 Å². The van der Waals surface area contributed by atoms with Crippen molar-refractivity contribution in [1.29, 1.82) is 0 Å². The topological polar surface area (TPSA) is 93.5 Å². The molecular formula is C31H31N3O4. The molecule has 0 bridgehead atoms. The Bertz CT molecular complexity index is 1520. The van der Waals surface area contributed by atoms with Gasteiger partial charge in [0.1, 0.15) is 12.4 Å². The van der Waals surface area contributed by atoms with Crippen LogP contribution < -0.4 is 10.1 Å². The summed E-state index contributed by atoms with van der Waals surface area (Å²) in [4.78, 5) is 28.8. The van der Waals surface area contributed by atoms with Gasteiger partial charge in [-0.3, -0.25) is 4.79 Å². The molecule has 0 saturated heterocycles. The number of rotatable bonds is 9. The van der Waals surface area contributed by atoms with E-state index in [1.807, 2.05) is 47.0 Å². The first-order valence-corrected chi connectivity index (χ1v) is 13.1. The molecular weight excluding hydrogens is 478 g/mol. The highest BCUT2D eigenvalue weighted by molar-refractivity contribution is 5.97. The molecule has 0 unspecified atom stereocenters. The highest BCUT2D eigenvalue weighted by Crippen LogP contribution is 2.37. The second-order valence-corrected chi connectivity index (χ2v) is 9.50. The molecule has 7 nitrogen and oxygen atoms in total. The molecule has 194 valence electrons. The van der Waals surface area contributed by atoms with Gasteiger partial charge >= 0.3 is 5.97 Å². The first-order chi connectivity index (χ1) is 18.5. The summed E-state index contributed by atoms with van der Waals surface area (Å²) in [5, 5.41) is 12.6. The number of carbonyl (C=O) groups excluding carboxylic acids is 1. The second-order valence-electron chi connectivity index (χ2n) is 9.50. The van der Waals surface area contributed by atoms with Crippen LogP contribution in [0, 0.1) is 0 Å². The van der Waals surface area contributed by atoms with Gasteiger partial charge in [0.05, 0.1) is 22.9 Å². The number of carboxylic acids is 1. The molecule has 5 rings (SSSR count). The number of unbranched alkanes of at least 4 members (excludes halogenated alkanes) is 3. The van der Waals surface area contributed by atoms with E-state index in [9.17, 15) is 14.7 Å². The van der Waals surface area contributed by atoms with Gasteiger partial charge in [-0.25, -0.2) is 9.78 Å². The Labute approximate surface area is 221 Å². The smallest absolute Gasteiger partial charge is 0.335 e. The third-order valence-corrected chi connectivity index (χ3v) is 6.90. The summed E-state index contributed by atoms with van der Waals surface area (Å²) in [6, 6.07) is 18.5. The van der Waals surface area contributed by atoms with Gasteiger partial charge in [0.2, 0.25) is 0 Å². The predicted octanol–water partition coefficient (Wildman–Crippen LogP) is 6.07. The van der Waals surface area contributed by atoms with Gasteiger partial charge in [0.15, 0.2) is 0 Å².